The van der Waals surface area contributed by atoms with Crippen LogP contribution in [0.3, 0.4) is 0 Å². The second kappa shape index (κ2) is 8.37. The molecule has 0 bridgehead atoms. The molecule has 0 heterocycles. The van der Waals surface area contributed by atoms with Crippen LogP contribution in [0.5, 0.6) is 0 Å². The molecule has 1 aliphatic rings. The Balaban J connectivity index is 0.00000208. The molecule has 0 saturated carbocycles. The van der Waals surface area contributed by atoms with Crippen LogP contribution < -0.4 is 16.0 Å². The van der Waals surface area contributed by atoms with Gasteiger partial charge in [0.2, 0.25) is 0 Å². The lowest BCUT2D eigenvalue weighted by molar-refractivity contribution is 0.912. The topological polar surface area (TPSA) is 53.6 Å². The van der Waals surface area contributed by atoms with E-state index in [1.54, 1.807) is 0 Å². The summed E-state index contributed by atoms with van der Waals surface area (Å²) in [6, 6.07) is 14.8. The summed E-state index contributed by atoms with van der Waals surface area (Å²) < 4.78 is 0. The predicted molar refractivity (Wildman–Crippen MR) is 114 cm³/mol. The highest BCUT2D eigenvalue weighted by atomic mass is 127. The summed E-state index contributed by atoms with van der Waals surface area (Å²) in [5.74, 6) is 0.457. The van der Waals surface area contributed by atoms with E-state index in [9.17, 15) is 0 Å². The molecule has 2 aromatic rings. The van der Waals surface area contributed by atoms with Crippen molar-refractivity contribution in [3.8, 4) is 0 Å². The van der Waals surface area contributed by atoms with E-state index in [0.717, 1.165) is 11.3 Å². The number of halogens is 1. The smallest absolute Gasteiger partial charge is 0.193 e. The normalized spacial score (nSPS) is 13.2. The molecular weight excluding hydrogens is 411 g/mol. The summed E-state index contributed by atoms with van der Waals surface area (Å²) in [6.45, 7) is 0.575. The van der Waals surface area contributed by atoms with Crippen molar-refractivity contribution < 1.29 is 0 Å². The summed E-state index contributed by atoms with van der Waals surface area (Å²) in [5, 5.41) is 3.20. The van der Waals surface area contributed by atoms with Crippen LogP contribution in [0.2, 0.25) is 0 Å². The lowest BCUT2D eigenvalue weighted by Crippen LogP contribution is -2.22. The van der Waals surface area contributed by atoms with Gasteiger partial charge in [0.1, 0.15) is 0 Å². The Bertz CT molecular complexity index is 725. The van der Waals surface area contributed by atoms with Crippen LogP contribution in [0.15, 0.2) is 47.5 Å². The minimum Gasteiger partial charge on any atom is -0.378 e. The van der Waals surface area contributed by atoms with Gasteiger partial charge in [0.15, 0.2) is 5.96 Å². The first-order valence-electron chi connectivity index (χ1n) is 8.07. The summed E-state index contributed by atoms with van der Waals surface area (Å²) in [7, 11) is 4.07. The Labute approximate surface area is 161 Å². The van der Waals surface area contributed by atoms with E-state index in [1.165, 1.54) is 36.1 Å². The van der Waals surface area contributed by atoms with Gasteiger partial charge in [-0.1, -0.05) is 18.2 Å². The fourth-order valence-electron chi connectivity index (χ4n) is 2.95. The van der Waals surface area contributed by atoms with Crippen molar-refractivity contribution in [1.29, 1.82) is 0 Å². The number of nitrogens with zero attached hydrogens (tertiary/aromatic N) is 2. The second-order valence-corrected chi connectivity index (χ2v) is 6.23. The maximum atomic E-state index is 6.03. The van der Waals surface area contributed by atoms with E-state index >= 15 is 0 Å². The van der Waals surface area contributed by atoms with Gasteiger partial charge < -0.3 is 16.0 Å². The maximum Gasteiger partial charge on any atom is 0.193 e. The minimum atomic E-state index is 0. The number of fused-ring (bicyclic) bond motifs is 1. The summed E-state index contributed by atoms with van der Waals surface area (Å²) in [5.41, 5.74) is 12.3. The number of aliphatic imine (C=N–C) groups is 1. The van der Waals surface area contributed by atoms with Gasteiger partial charge in [-0.25, -0.2) is 4.99 Å². The third kappa shape index (κ3) is 4.63. The van der Waals surface area contributed by atoms with E-state index in [0.29, 0.717) is 12.5 Å². The average Bonchev–Trinajstić information content (AvgIpc) is 3.01. The number of nitrogens with two attached hydrogens (primary N) is 1. The maximum absolute atomic E-state index is 6.03. The van der Waals surface area contributed by atoms with Crippen LogP contribution in [-0.2, 0) is 19.4 Å². The third-order valence-corrected chi connectivity index (χ3v) is 4.23. The second-order valence-electron chi connectivity index (χ2n) is 6.23. The number of anilines is 2. The summed E-state index contributed by atoms with van der Waals surface area (Å²) in [4.78, 5) is 6.53. The van der Waals surface area contributed by atoms with Crippen LogP contribution >= 0.6 is 24.0 Å². The Hall–Kier alpha value is -1.76. The zero-order chi connectivity index (χ0) is 16.2. The number of hydrogen-bond acceptors (Lipinski definition) is 2. The molecule has 0 atom stereocenters. The number of nitrogens with one attached hydrogen (secondary N) is 1. The first kappa shape index (κ1) is 18.6. The number of guanidine groups is 1. The van der Waals surface area contributed by atoms with E-state index < -0.39 is 0 Å². The van der Waals surface area contributed by atoms with Gasteiger partial charge in [0, 0.05) is 25.5 Å². The Kier molecular flexibility index (Phi) is 6.48. The van der Waals surface area contributed by atoms with Gasteiger partial charge in [0.25, 0.3) is 0 Å². The third-order valence-electron chi connectivity index (χ3n) is 4.23. The van der Waals surface area contributed by atoms with Gasteiger partial charge >= 0.3 is 0 Å². The molecule has 1 aliphatic carbocycles. The first-order chi connectivity index (χ1) is 11.1. The molecule has 0 amide bonds. The molecular formula is C19H25IN4. The first-order valence-corrected chi connectivity index (χ1v) is 8.07. The van der Waals surface area contributed by atoms with Crippen molar-refractivity contribution in [2.45, 2.75) is 25.8 Å². The SMILES string of the molecule is CN(C)c1cccc(CN=C(N)Nc2ccc3c(c2)CCC3)c1.I. The lowest BCUT2D eigenvalue weighted by Gasteiger charge is -2.13. The number of aryl methyl sites for hydroxylation is 2. The van der Waals surface area contributed by atoms with Crippen LogP contribution in [-0.4, -0.2) is 20.1 Å². The van der Waals surface area contributed by atoms with Crippen molar-refractivity contribution in [3.63, 3.8) is 0 Å². The van der Waals surface area contributed by atoms with E-state index in [2.05, 4.69) is 51.6 Å². The van der Waals surface area contributed by atoms with Crippen LogP contribution in [0, 0.1) is 0 Å². The van der Waals surface area contributed by atoms with Gasteiger partial charge in [0.05, 0.1) is 6.54 Å². The van der Waals surface area contributed by atoms with Gasteiger partial charge in [-0.3, -0.25) is 0 Å². The summed E-state index contributed by atoms with van der Waals surface area (Å²) in [6.07, 6.45) is 3.62. The lowest BCUT2D eigenvalue weighted by atomic mass is 10.1. The molecule has 4 nitrogen and oxygen atoms in total. The van der Waals surface area contributed by atoms with Crippen LogP contribution in [0.1, 0.15) is 23.1 Å². The predicted octanol–water partition coefficient (Wildman–Crippen LogP) is 3.79. The summed E-state index contributed by atoms with van der Waals surface area (Å²) >= 11 is 0. The molecule has 0 fully saturated rings. The molecule has 24 heavy (non-hydrogen) atoms. The van der Waals surface area contributed by atoms with E-state index in [1.807, 2.05) is 20.2 Å². The fraction of sp³-hybridized carbons (Fsp3) is 0.316. The van der Waals surface area contributed by atoms with Gasteiger partial charge in [-0.2, -0.15) is 0 Å². The molecule has 0 unspecified atom stereocenters. The largest absolute Gasteiger partial charge is 0.378 e. The molecule has 0 saturated heterocycles. The van der Waals surface area contributed by atoms with Gasteiger partial charge in [-0.05, 0) is 60.2 Å². The Morgan fingerprint density at radius 2 is 1.92 bits per heavy atom. The molecule has 128 valence electrons. The van der Waals surface area contributed by atoms with Crippen LogP contribution in [0.25, 0.3) is 0 Å². The van der Waals surface area contributed by atoms with E-state index in [-0.39, 0.29) is 24.0 Å². The molecule has 0 aliphatic heterocycles. The average molecular weight is 436 g/mol. The highest BCUT2D eigenvalue weighted by molar-refractivity contribution is 14.0. The highest BCUT2D eigenvalue weighted by Gasteiger charge is 2.10. The number of benzene rings is 2. The highest BCUT2D eigenvalue weighted by Crippen LogP contribution is 2.24. The van der Waals surface area contributed by atoms with Gasteiger partial charge in [-0.15, -0.1) is 24.0 Å². The molecule has 3 N–H and O–H groups in total. The molecule has 0 aromatic heterocycles. The zero-order valence-electron chi connectivity index (χ0n) is 14.2. The molecule has 0 spiro atoms. The van der Waals surface area contributed by atoms with Crippen LogP contribution in [0.4, 0.5) is 11.4 Å². The number of rotatable bonds is 4. The minimum absolute atomic E-state index is 0. The van der Waals surface area contributed by atoms with Crippen molar-refractivity contribution >= 4 is 41.3 Å². The van der Waals surface area contributed by atoms with Crippen molar-refractivity contribution in [1.82, 2.24) is 0 Å². The quantitative estimate of drug-likeness (QED) is 0.436. The Morgan fingerprint density at radius 1 is 1.12 bits per heavy atom. The van der Waals surface area contributed by atoms with Crippen molar-refractivity contribution in [3.05, 3.63) is 59.2 Å². The molecule has 5 heteroatoms. The molecule has 2 aromatic carbocycles. The van der Waals surface area contributed by atoms with Crippen molar-refractivity contribution in [2.24, 2.45) is 10.7 Å². The molecule has 3 rings (SSSR count). The van der Waals surface area contributed by atoms with E-state index in [4.69, 9.17) is 5.73 Å². The molecule has 0 radical (unpaired) electrons. The zero-order valence-corrected chi connectivity index (χ0v) is 16.6. The number of hydrogen-bond donors (Lipinski definition) is 2. The fourth-order valence-corrected chi connectivity index (χ4v) is 2.95. The van der Waals surface area contributed by atoms with Crippen molar-refractivity contribution in [2.75, 3.05) is 24.3 Å². The standard InChI is InChI=1S/C19H24N4.HI/c1-23(2)18-8-3-5-14(11-18)13-21-19(20)22-17-10-9-15-6-4-7-16(15)12-17;/h3,5,8-12H,4,6-7,13H2,1-2H3,(H3,20,21,22);1H. The Morgan fingerprint density at radius 3 is 2.71 bits per heavy atom. The monoisotopic (exact) mass is 436 g/mol.